The second-order valence-electron chi connectivity index (χ2n) is 6.68. The van der Waals surface area contributed by atoms with Crippen LogP contribution in [0.1, 0.15) is 29.6 Å². The Kier molecular flexibility index (Phi) is 6.84. The lowest BCUT2D eigenvalue weighted by Crippen LogP contribution is -2.43. The third kappa shape index (κ3) is 5.26. The number of nitrogens with zero attached hydrogens (tertiary/aromatic N) is 2. The molecule has 0 bridgehead atoms. The summed E-state index contributed by atoms with van der Waals surface area (Å²) >= 11 is 1.54. The van der Waals surface area contributed by atoms with E-state index in [1.165, 1.54) is 11.3 Å². The normalized spacial score (nSPS) is 19.8. The summed E-state index contributed by atoms with van der Waals surface area (Å²) in [5.41, 5.74) is 0.760. The molecule has 7 heteroatoms. The predicted octanol–water partition coefficient (Wildman–Crippen LogP) is 1.44. The molecular weight excluding hydrogens is 338 g/mol. The van der Waals surface area contributed by atoms with E-state index in [0.29, 0.717) is 13.1 Å². The fourth-order valence-electron chi connectivity index (χ4n) is 3.40. The van der Waals surface area contributed by atoms with E-state index in [9.17, 15) is 9.59 Å². The summed E-state index contributed by atoms with van der Waals surface area (Å²) in [4.78, 5) is 28.9. The highest BCUT2D eigenvalue weighted by atomic mass is 32.1. The van der Waals surface area contributed by atoms with E-state index >= 15 is 0 Å². The molecule has 3 rings (SSSR count). The number of thiophene rings is 1. The number of hydrogen-bond acceptors (Lipinski definition) is 5. The van der Waals surface area contributed by atoms with Crippen LogP contribution in [0.15, 0.2) is 16.8 Å². The molecule has 0 aromatic carbocycles. The quantitative estimate of drug-likeness (QED) is 0.775. The molecule has 2 saturated heterocycles. The van der Waals surface area contributed by atoms with Gasteiger partial charge in [-0.1, -0.05) is 0 Å². The zero-order valence-electron chi connectivity index (χ0n) is 14.6. The van der Waals surface area contributed by atoms with Gasteiger partial charge in [0.15, 0.2) is 0 Å². The minimum atomic E-state index is 0.0370. The lowest BCUT2D eigenvalue weighted by Gasteiger charge is -2.31. The summed E-state index contributed by atoms with van der Waals surface area (Å²) in [7, 11) is 0. The molecule has 0 radical (unpaired) electrons. The number of rotatable bonds is 6. The van der Waals surface area contributed by atoms with Crippen molar-refractivity contribution in [3.8, 4) is 0 Å². The van der Waals surface area contributed by atoms with Crippen LogP contribution in [-0.2, 0) is 9.53 Å². The van der Waals surface area contributed by atoms with E-state index in [4.69, 9.17) is 4.74 Å². The number of carbonyl (C=O) groups is 2. The Labute approximate surface area is 153 Å². The third-order valence-corrected chi connectivity index (χ3v) is 5.66. The molecule has 2 aliphatic rings. The molecule has 25 heavy (non-hydrogen) atoms. The van der Waals surface area contributed by atoms with Crippen LogP contribution < -0.4 is 5.32 Å². The van der Waals surface area contributed by atoms with Crippen molar-refractivity contribution in [1.82, 2.24) is 15.1 Å². The van der Waals surface area contributed by atoms with E-state index in [2.05, 4.69) is 10.2 Å². The molecular formula is C18H27N3O3S. The minimum absolute atomic E-state index is 0.0370. The average molecular weight is 365 g/mol. The third-order valence-electron chi connectivity index (χ3n) is 4.98. The van der Waals surface area contributed by atoms with Gasteiger partial charge in [-0.15, -0.1) is 0 Å². The van der Waals surface area contributed by atoms with Gasteiger partial charge in [0.1, 0.15) is 0 Å². The van der Waals surface area contributed by atoms with Crippen molar-refractivity contribution in [3.63, 3.8) is 0 Å². The maximum Gasteiger partial charge on any atom is 0.254 e. The van der Waals surface area contributed by atoms with Gasteiger partial charge in [0.25, 0.3) is 5.91 Å². The van der Waals surface area contributed by atoms with Crippen LogP contribution in [0.4, 0.5) is 0 Å². The van der Waals surface area contributed by atoms with Gasteiger partial charge >= 0.3 is 0 Å². The molecule has 138 valence electrons. The molecule has 2 fully saturated rings. The van der Waals surface area contributed by atoms with Crippen molar-refractivity contribution in [1.29, 1.82) is 0 Å². The molecule has 0 spiro atoms. The molecule has 2 aliphatic heterocycles. The van der Waals surface area contributed by atoms with Crippen molar-refractivity contribution < 1.29 is 14.3 Å². The van der Waals surface area contributed by atoms with E-state index in [1.54, 1.807) is 0 Å². The maximum absolute atomic E-state index is 12.3. The van der Waals surface area contributed by atoms with Gasteiger partial charge in [0.05, 0.1) is 18.8 Å². The van der Waals surface area contributed by atoms with E-state index in [-0.39, 0.29) is 17.7 Å². The number of morpholine rings is 1. The molecule has 1 N–H and O–H groups in total. The number of ether oxygens (including phenoxy) is 1. The Hall–Kier alpha value is -1.44. The van der Waals surface area contributed by atoms with Crippen molar-refractivity contribution >= 4 is 23.2 Å². The Morgan fingerprint density at radius 3 is 2.64 bits per heavy atom. The number of amides is 2. The number of likely N-dealkylation sites (tertiary alicyclic amines) is 1. The smallest absolute Gasteiger partial charge is 0.254 e. The fraction of sp³-hybridized carbons (Fsp3) is 0.667. The molecule has 0 saturated carbocycles. The van der Waals surface area contributed by atoms with Crippen LogP contribution in [0.3, 0.4) is 0 Å². The lowest BCUT2D eigenvalue weighted by atomic mass is 9.95. The summed E-state index contributed by atoms with van der Waals surface area (Å²) in [5.74, 6) is 0.269. The van der Waals surface area contributed by atoms with Crippen molar-refractivity contribution in [2.24, 2.45) is 5.92 Å². The lowest BCUT2D eigenvalue weighted by molar-refractivity contribution is -0.126. The van der Waals surface area contributed by atoms with Crippen LogP contribution in [0.25, 0.3) is 0 Å². The van der Waals surface area contributed by atoms with Crippen LogP contribution in [0.2, 0.25) is 0 Å². The van der Waals surface area contributed by atoms with Crippen molar-refractivity contribution in [3.05, 3.63) is 22.4 Å². The first-order chi connectivity index (χ1) is 12.2. The van der Waals surface area contributed by atoms with Crippen molar-refractivity contribution in [2.75, 3.05) is 52.5 Å². The Bertz CT molecular complexity index is 550. The highest BCUT2D eigenvalue weighted by molar-refractivity contribution is 7.08. The fourth-order valence-corrected chi connectivity index (χ4v) is 4.03. The van der Waals surface area contributed by atoms with Gasteiger partial charge in [-0.05, 0) is 37.3 Å². The SMILES string of the molecule is O=C(NCCCN1CCOCC1)C1CCN(C(=O)c2ccsc2)CC1. The van der Waals surface area contributed by atoms with Crippen molar-refractivity contribution in [2.45, 2.75) is 19.3 Å². The second kappa shape index (κ2) is 9.31. The molecule has 0 aliphatic carbocycles. The number of nitrogens with one attached hydrogen (secondary N) is 1. The monoisotopic (exact) mass is 365 g/mol. The van der Waals surface area contributed by atoms with Crippen LogP contribution in [0, 0.1) is 5.92 Å². The maximum atomic E-state index is 12.3. The van der Waals surface area contributed by atoms with E-state index in [1.807, 2.05) is 21.7 Å². The number of carbonyl (C=O) groups excluding carboxylic acids is 2. The first-order valence-corrected chi connectivity index (χ1v) is 10.1. The summed E-state index contributed by atoms with van der Waals surface area (Å²) in [6.45, 7) is 6.68. The summed E-state index contributed by atoms with van der Waals surface area (Å²) in [6, 6.07) is 1.86. The van der Waals surface area contributed by atoms with Gasteiger partial charge in [0.2, 0.25) is 5.91 Å². The minimum Gasteiger partial charge on any atom is -0.379 e. The largest absolute Gasteiger partial charge is 0.379 e. The standard InChI is InChI=1S/C18H27N3O3S/c22-17(19-5-1-6-20-9-11-24-12-10-20)15-2-7-21(8-3-15)18(23)16-4-13-25-14-16/h4,13-15H,1-3,5-12H2,(H,19,22). The highest BCUT2D eigenvalue weighted by Crippen LogP contribution is 2.20. The first kappa shape index (κ1) is 18.4. The molecule has 1 aromatic rings. The Morgan fingerprint density at radius 2 is 1.96 bits per heavy atom. The summed E-state index contributed by atoms with van der Waals surface area (Å²) < 4.78 is 5.33. The molecule has 0 unspecified atom stereocenters. The average Bonchev–Trinajstić information content (AvgIpc) is 3.20. The van der Waals surface area contributed by atoms with Crippen LogP contribution in [-0.4, -0.2) is 74.1 Å². The van der Waals surface area contributed by atoms with Gasteiger partial charge in [-0.25, -0.2) is 0 Å². The van der Waals surface area contributed by atoms with Crippen LogP contribution in [0.5, 0.6) is 0 Å². The zero-order valence-corrected chi connectivity index (χ0v) is 15.4. The van der Waals surface area contributed by atoms with Gasteiger partial charge in [0, 0.05) is 44.0 Å². The summed E-state index contributed by atoms with van der Waals surface area (Å²) in [6.07, 6.45) is 2.48. The molecule has 6 nitrogen and oxygen atoms in total. The predicted molar refractivity (Wildman–Crippen MR) is 97.8 cm³/mol. The number of piperidine rings is 1. The van der Waals surface area contributed by atoms with E-state index < -0.39 is 0 Å². The molecule has 2 amide bonds. The second-order valence-corrected chi connectivity index (χ2v) is 7.46. The first-order valence-electron chi connectivity index (χ1n) is 9.13. The molecule has 0 atom stereocenters. The zero-order chi connectivity index (χ0) is 17.5. The Morgan fingerprint density at radius 1 is 1.20 bits per heavy atom. The van der Waals surface area contributed by atoms with Gasteiger partial charge < -0.3 is 15.0 Å². The molecule has 1 aromatic heterocycles. The van der Waals surface area contributed by atoms with Gasteiger partial charge in [-0.2, -0.15) is 11.3 Å². The van der Waals surface area contributed by atoms with Crippen LogP contribution >= 0.6 is 11.3 Å². The number of hydrogen-bond donors (Lipinski definition) is 1. The highest BCUT2D eigenvalue weighted by Gasteiger charge is 2.27. The van der Waals surface area contributed by atoms with E-state index in [0.717, 1.165) is 64.2 Å². The Balaban J connectivity index is 1.32. The topological polar surface area (TPSA) is 61.9 Å². The molecule has 3 heterocycles. The van der Waals surface area contributed by atoms with Gasteiger partial charge in [-0.3, -0.25) is 14.5 Å². The summed E-state index contributed by atoms with van der Waals surface area (Å²) in [5, 5.41) is 6.87.